The number of rotatable bonds is 6. The minimum absolute atomic E-state index is 0.0471. The number of carbonyl (C=O) groups is 1. The second-order valence-corrected chi connectivity index (χ2v) is 7.03. The van der Waals surface area contributed by atoms with Crippen molar-refractivity contribution in [2.45, 2.75) is 44.4 Å². The van der Waals surface area contributed by atoms with E-state index in [2.05, 4.69) is 12.2 Å². The van der Waals surface area contributed by atoms with E-state index in [0.717, 1.165) is 19.4 Å². The molecule has 0 aromatic rings. The van der Waals surface area contributed by atoms with Crippen molar-refractivity contribution in [2.24, 2.45) is 11.7 Å². The maximum Gasteiger partial charge on any atom is 0.232 e. The van der Waals surface area contributed by atoms with Gasteiger partial charge in [-0.2, -0.15) is 0 Å². The summed E-state index contributed by atoms with van der Waals surface area (Å²) in [6.45, 7) is 4.91. The normalized spacial score (nSPS) is 29.4. The van der Waals surface area contributed by atoms with Gasteiger partial charge < -0.3 is 11.1 Å². The van der Waals surface area contributed by atoms with Gasteiger partial charge >= 0.3 is 0 Å². The van der Waals surface area contributed by atoms with Crippen molar-refractivity contribution in [3.63, 3.8) is 0 Å². The van der Waals surface area contributed by atoms with E-state index in [4.69, 9.17) is 5.73 Å². The molecule has 3 unspecified atom stereocenters. The third-order valence-corrected chi connectivity index (χ3v) is 5.72. The van der Waals surface area contributed by atoms with Crippen LogP contribution in [0, 0.1) is 5.92 Å². The van der Waals surface area contributed by atoms with E-state index in [1.54, 1.807) is 0 Å². The molecule has 1 aliphatic rings. The van der Waals surface area contributed by atoms with Crippen LogP contribution in [-0.4, -0.2) is 37.9 Å². The van der Waals surface area contributed by atoms with Crippen molar-refractivity contribution in [3.05, 3.63) is 0 Å². The Hall–Kier alpha value is -0.620. The summed E-state index contributed by atoms with van der Waals surface area (Å²) in [7, 11) is -3.38. The Kier molecular flexibility index (Phi) is 4.94. The van der Waals surface area contributed by atoms with Crippen molar-refractivity contribution in [2.75, 3.05) is 12.3 Å². The van der Waals surface area contributed by atoms with Crippen LogP contribution in [-0.2, 0) is 14.6 Å². The predicted octanol–water partition coefficient (Wildman–Crippen LogP) is 0.0532. The fraction of sp³-hybridized carbons (Fsp3) is 0.909. The van der Waals surface area contributed by atoms with E-state index in [-0.39, 0.29) is 12.0 Å². The van der Waals surface area contributed by atoms with Crippen LogP contribution in [0.4, 0.5) is 0 Å². The molecular formula is C11H22N2O3S. The first-order valence-corrected chi connectivity index (χ1v) is 7.83. The van der Waals surface area contributed by atoms with Crippen molar-refractivity contribution in [1.29, 1.82) is 0 Å². The van der Waals surface area contributed by atoms with Crippen LogP contribution >= 0.6 is 0 Å². The van der Waals surface area contributed by atoms with Gasteiger partial charge in [0.15, 0.2) is 9.84 Å². The lowest BCUT2D eigenvalue weighted by atomic mass is 10.1. The largest absolute Gasteiger partial charge is 0.369 e. The number of hydrogen-bond acceptors (Lipinski definition) is 4. The van der Waals surface area contributed by atoms with Crippen LogP contribution in [0.2, 0.25) is 0 Å². The van der Waals surface area contributed by atoms with Gasteiger partial charge in [0, 0.05) is 6.04 Å². The third-order valence-electron chi connectivity index (χ3n) is 3.44. The summed E-state index contributed by atoms with van der Waals surface area (Å²) in [5, 5.41) is 2.93. The Balaban J connectivity index is 2.66. The minimum atomic E-state index is -3.38. The lowest BCUT2D eigenvalue weighted by molar-refractivity contribution is -0.115. The molecule has 0 spiro atoms. The first kappa shape index (κ1) is 14.4. The van der Waals surface area contributed by atoms with Gasteiger partial charge in [-0.1, -0.05) is 13.8 Å². The highest BCUT2D eigenvalue weighted by molar-refractivity contribution is 7.92. The van der Waals surface area contributed by atoms with Crippen molar-refractivity contribution >= 4 is 15.7 Å². The van der Waals surface area contributed by atoms with Crippen LogP contribution < -0.4 is 11.1 Å². The van der Waals surface area contributed by atoms with Gasteiger partial charge in [0.05, 0.1) is 5.25 Å². The molecule has 0 bridgehead atoms. The highest BCUT2D eigenvalue weighted by Gasteiger charge is 2.40. The van der Waals surface area contributed by atoms with Crippen LogP contribution in [0.25, 0.3) is 0 Å². The van der Waals surface area contributed by atoms with E-state index < -0.39 is 26.7 Å². The molecule has 6 heteroatoms. The molecule has 0 radical (unpaired) electrons. The Labute approximate surface area is 103 Å². The van der Waals surface area contributed by atoms with Gasteiger partial charge in [0.25, 0.3) is 0 Å². The number of primary amides is 1. The smallest absolute Gasteiger partial charge is 0.232 e. The fourth-order valence-corrected chi connectivity index (χ4v) is 4.51. The summed E-state index contributed by atoms with van der Waals surface area (Å²) in [6.07, 6.45) is 2.50. The number of nitrogens with one attached hydrogen (secondary N) is 1. The number of nitrogens with two attached hydrogens (primary N) is 1. The summed E-state index contributed by atoms with van der Waals surface area (Å²) >= 11 is 0. The highest BCUT2D eigenvalue weighted by Crippen LogP contribution is 2.31. The molecule has 1 saturated carbocycles. The summed E-state index contributed by atoms with van der Waals surface area (Å²) in [5.41, 5.74) is 4.97. The minimum Gasteiger partial charge on any atom is -0.369 e. The van der Waals surface area contributed by atoms with Crippen LogP contribution in [0.1, 0.15) is 33.1 Å². The maximum atomic E-state index is 11.9. The van der Waals surface area contributed by atoms with Crippen LogP contribution in [0.3, 0.4) is 0 Å². The monoisotopic (exact) mass is 262 g/mol. The molecular weight excluding hydrogens is 240 g/mol. The van der Waals surface area contributed by atoms with E-state index in [1.165, 1.54) is 0 Å². The quantitative estimate of drug-likeness (QED) is 0.708. The first-order chi connectivity index (χ1) is 7.88. The molecule has 0 aromatic carbocycles. The number of sulfone groups is 1. The number of amides is 1. The Bertz CT molecular complexity index is 367. The van der Waals surface area contributed by atoms with E-state index in [9.17, 15) is 13.2 Å². The van der Waals surface area contributed by atoms with Crippen molar-refractivity contribution < 1.29 is 13.2 Å². The Morgan fingerprint density at radius 2 is 2.06 bits per heavy atom. The first-order valence-electron chi connectivity index (χ1n) is 6.11. The molecule has 3 N–H and O–H groups in total. The van der Waals surface area contributed by atoms with E-state index in [1.807, 2.05) is 6.92 Å². The molecule has 5 nitrogen and oxygen atoms in total. The van der Waals surface area contributed by atoms with Gasteiger partial charge in [-0.3, -0.25) is 4.79 Å². The Morgan fingerprint density at radius 1 is 1.41 bits per heavy atom. The van der Waals surface area contributed by atoms with Gasteiger partial charge in [-0.05, 0) is 31.7 Å². The zero-order valence-corrected chi connectivity index (χ0v) is 11.3. The van der Waals surface area contributed by atoms with Gasteiger partial charge in [-0.25, -0.2) is 8.42 Å². The summed E-state index contributed by atoms with van der Waals surface area (Å²) in [4.78, 5) is 10.8. The van der Waals surface area contributed by atoms with Crippen LogP contribution in [0.15, 0.2) is 0 Å². The van der Waals surface area contributed by atoms with Crippen molar-refractivity contribution in [3.8, 4) is 0 Å². The van der Waals surface area contributed by atoms with Crippen molar-refractivity contribution in [1.82, 2.24) is 5.32 Å². The predicted molar refractivity (Wildman–Crippen MR) is 67.2 cm³/mol. The number of carbonyl (C=O) groups excluding carboxylic acids is 1. The molecule has 1 amide bonds. The van der Waals surface area contributed by atoms with Gasteiger partial charge in [0.1, 0.15) is 5.75 Å². The Morgan fingerprint density at radius 3 is 2.59 bits per heavy atom. The van der Waals surface area contributed by atoms with Crippen LogP contribution in [0.5, 0.6) is 0 Å². The lowest BCUT2D eigenvalue weighted by Crippen LogP contribution is -2.39. The molecule has 0 aliphatic heterocycles. The van der Waals surface area contributed by atoms with E-state index >= 15 is 0 Å². The topological polar surface area (TPSA) is 89.3 Å². The maximum absolute atomic E-state index is 11.9. The molecule has 17 heavy (non-hydrogen) atoms. The van der Waals surface area contributed by atoms with Gasteiger partial charge in [0.2, 0.25) is 5.91 Å². The van der Waals surface area contributed by atoms with Gasteiger partial charge in [-0.15, -0.1) is 0 Å². The highest BCUT2D eigenvalue weighted by atomic mass is 32.2. The molecule has 0 heterocycles. The molecule has 0 aromatic heterocycles. The molecule has 100 valence electrons. The summed E-state index contributed by atoms with van der Waals surface area (Å²) in [5.74, 6) is -1.24. The molecule has 0 saturated heterocycles. The van der Waals surface area contributed by atoms with E-state index in [0.29, 0.717) is 6.42 Å². The molecule has 3 atom stereocenters. The average molecular weight is 262 g/mol. The lowest BCUT2D eigenvalue weighted by Gasteiger charge is -2.21. The summed E-state index contributed by atoms with van der Waals surface area (Å²) < 4.78 is 23.9. The second-order valence-electron chi connectivity index (χ2n) is 4.81. The summed E-state index contributed by atoms with van der Waals surface area (Å²) in [6, 6.07) is 0.239. The number of hydrogen-bond donors (Lipinski definition) is 2. The fourth-order valence-electron chi connectivity index (χ4n) is 2.56. The molecule has 1 fully saturated rings. The second kappa shape index (κ2) is 5.82. The zero-order chi connectivity index (χ0) is 13.1. The standard InChI is InChI=1S/C11H22N2O3S/c1-3-6-13-9-4-5-10(8(9)2)17(15,16)7-11(12)14/h8-10,13H,3-7H2,1-2H3,(H2,12,14). The average Bonchev–Trinajstić information content (AvgIpc) is 2.55. The zero-order valence-electron chi connectivity index (χ0n) is 10.5. The molecule has 1 aliphatic carbocycles. The molecule has 1 rings (SSSR count). The third kappa shape index (κ3) is 3.67. The SMILES string of the molecule is CCCNC1CCC(S(=O)(=O)CC(N)=O)C1C.